The lowest BCUT2D eigenvalue weighted by Gasteiger charge is -2.23. The van der Waals surface area contributed by atoms with E-state index in [-0.39, 0.29) is 36.0 Å². The highest BCUT2D eigenvalue weighted by molar-refractivity contribution is 7.14. The van der Waals surface area contributed by atoms with Crippen molar-refractivity contribution in [1.29, 1.82) is 0 Å². The van der Waals surface area contributed by atoms with Crippen molar-refractivity contribution in [1.82, 2.24) is 10.3 Å². The molecule has 0 spiro atoms. The summed E-state index contributed by atoms with van der Waals surface area (Å²) in [6, 6.07) is 11.7. The van der Waals surface area contributed by atoms with Crippen LogP contribution in [0.25, 0.3) is 0 Å². The monoisotopic (exact) mass is 439 g/mol. The molecular weight excluding hydrogens is 410 g/mol. The average Bonchev–Trinajstić information content (AvgIpc) is 3.44. The molecule has 0 aliphatic heterocycles. The predicted octanol–water partition coefficient (Wildman–Crippen LogP) is 5.56. The van der Waals surface area contributed by atoms with Gasteiger partial charge in [-0.2, -0.15) is 0 Å². The molecule has 0 radical (unpaired) electrons. The molecule has 0 aliphatic rings. The van der Waals surface area contributed by atoms with Crippen LogP contribution in [0.2, 0.25) is 0 Å². The van der Waals surface area contributed by atoms with Gasteiger partial charge in [0, 0.05) is 5.38 Å². The summed E-state index contributed by atoms with van der Waals surface area (Å²) >= 11 is 1.28. The molecule has 0 saturated heterocycles. The Labute approximate surface area is 187 Å². The number of nitrogens with one attached hydrogen (secondary N) is 2. The number of nitrogens with zero attached hydrogens (tertiary/aromatic N) is 1. The predicted molar refractivity (Wildman–Crippen MR) is 123 cm³/mol. The number of rotatable bonds is 9. The highest BCUT2D eigenvalue weighted by atomic mass is 32.1. The fraction of sp³-hybridized carbons (Fsp3) is 0.375. The van der Waals surface area contributed by atoms with Crippen molar-refractivity contribution in [3.05, 3.63) is 70.6 Å². The fourth-order valence-electron chi connectivity index (χ4n) is 3.30. The number of carbonyl (C=O) groups is 2. The molecule has 6 nitrogen and oxygen atoms in total. The van der Waals surface area contributed by atoms with Gasteiger partial charge in [0.05, 0.1) is 24.4 Å². The van der Waals surface area contributed by atoms with Gasteiger partial charge in [-0.15, -0.1) is 11.3 Å². The van der Waals surface area contributed by atoms with E-state index in [4.69, 9.17) is 4.42 Å². The Morgan fingerprint density at radius 1 is 1.10 bits per heavy atom. The van der Waals surface area contributed by atoms with Gasteiger partial charge in [0.15, 0.2) is 10.9 Å². The Balaban J connectivity index is 1.60. The zero-order chi connectivity index (χ0) is 22.4. The highest BCUT2D eigenvalue weighted by Crippen LogP contribution is 2.25. The maximum absolute atomic E-state index is 12.7. The molecule has 2 aromatic heterocycles. The second kappa shape index (κ2) is 10.4. The van der Waals surface area contributed by atoms with Gasteiger partial charge in [0.1, 0.15) is 0 Å². The third kappa shape index (κ3) is 6.04. The molecule has 0 fully saturated rings. The number of amides is 2. The van der Waals surface area contributed by atoms with Crippen LogP contribution < -0.4 is 10.6 Å². The van der Waals surface area contributed by atoms with Crippen molar-refractivity contribution in [2.45, 2.75) is 52.5 Å². The van der Waals surface area contributed by atoms with Gasteiger partial charge in [0.2, 0.25) is 5.91 Å². The van der Waals surface area contributed by atoms with Crippen LogP contribution in [-0.4, -0.2) is 16.8 Å². The third-order valence-electron chi connectivity index (χ3n) is 5.32. The first kappa shape index (κ1) is 22.7. The summed E-state index contributed by atoms with van der Waals surface area (Å²) in [4.78, 5) is 29.1. The second-order valence-corrected chi connectivity index (χ2v) is 8.88. The topological polar surface area (TPSA) is 84.2 Å². The van der Waals surface area contributed by atoms with Crippen LogP contribution in [0.3, 0.4) is 0 Å². The Hall–Kier alpha value is -2.93. The van der Waals surface area contributed by atoms with Gasteiger partial charge in [-0.1, -0.05) is 52.0 Å². The Kier molecular flexibility index (Phi) is 7.63. The van der Waals surface area contributed by atoms with Gasteiger partial charge in [0.25, 0.3) is 5.91 Å². The molecule has 2 amide bonds. The standard InChI is InChI=1S/C24H29N3O3S/c1-5-16(4)17-8-10-18(11-9-17)22(15(2)3)26-21(28)13-19-14-31-24(25-19)27-23(29)20-7-6-12-30-20/h6-12,14-16,22H,5,13H2,1-4H3,(H,26,28)(H,25,27,29). The molecule has 0 bridgehead atoms. The van der Waals surface area contributed by atoms with E-state index in [2.05, 4.69) is 67.6 Å². The van der Waals surface area contributed by atoms with E-state index in [1.54, 1.807) is 17.5 Å². The number of benzene rings is 1. The minimum absolute atomic E-state index is 0.0738. The van der Waals surface area contributed by atoms with Crippen LogP contribution in [0.4, 0.5) is 5.13 Å². The smallest absolute Gasteiger partial charge is 0.293 e. The van der Waals surface area contributed by atoms with Gasteiger partial charge >= 0.3 is 0 Å². The number of hydrogen-bond donors (Lipinski definition) is 2. The van der Waals surface area contributed by atoms with E-state index >= 15 is 0 Å². The van der Waals surface area contributed by atoms with E-state index in [1.165, 1.54) is 23.2 Å². The molecule has 31 heavy (non-hydrogen) atoms. The second-order valence-electron chi connectivity index (χ2n) is 8.02. The van der Waals surface area contributed by atoms with Crippen LogP contribution >= 0.6 is 11.3 Å². The van der Waals surface area contributed by atoms with Crippen LogP contribution in [-0.2, 0) is 11.2 Å². The van der Waals surface area contributed by atoms with E-state index in [0.29, 0.717) is 16.7 Å². The van der Waals surface area contributed by atoms with Crippen LogP contribution in [0.15, 0.2) is 52.5 Å². The van der Waals surface area contributed by atoms with Crippen molar-refractivity contribution in [3.63, 3.8) is 0 Å². The van der Waals surface area contributed by atoms with Gasteiger partial charge in [-0.05, 0) is 41.5 Å². The molecule has 0 aliphatic carbocycles. The van der Waals surface area contributed by atoms with Crippen molar-refractivity contribution < 1.29 is 14.0 Å². The lowest BCUT2D eigenvalue weighted by Crippen LogP contribution is -2.33. The summed E-state index contributed by atoms with van der Waals surface area (Å²) in [6.45, 7) is 8.59. The fourth-order valence-corrected chi connectivity index (χ4v) is 4.01. The molecule has 2 N–H and O–H groups in total. The van der Waals surface area contributed by atoms with Gasteiger partial charge in [-0.25, -0.2) is 4.98 Å². The zero-order valence-electron chi connectivity index (χ0n) is 18.3. The zero-order valence-corrected chi connectivity index (χ0v) is 19.2. The minimum Gasteiger partial charge on any atom is -0.459 e. The first-order valence-electron chi connectivity index (χ1n) is 10.6. The van der Waals surface area contributed by atoms with E-state index in [9.17, 15) is 9.59 Å². The molecule has 1 aromatic carbocycles. The summed E-state index contributed by atoms with van der Waals surface area (Å²) in [6.07, 6.45) is 2.69. The molecule has 0 saturated carbocycles. The number of furan rings is 1. The number of anilines is 1. The molecular formula is C24H29N3O3S. The molecule has 2 atom stereocenters. The van der Waals surface area contributed by atoms with Crippen LogP contribution in [0, 0.1) is 5.92 Å². The molecule has 3 rings (SSSR count). The number of carbonyl (C=O) groups excluding carboxylic acids is 2. The Bertz CT molecular complexity index is 994. The normalized spacial score (nSPS) is 13.1. The maximum atomic E-state index is 12.7. The lowest BCUT2D eigenvalue weighted by molar-refractivity contribution is -0.121. The SMILES string of the molecule is CCC(C)c1ccc(C(NC(=O)Cc2csc(NC(=O)c3ccco3)n2)C(C)C)cc1. The summed E-state index contributed by atoms with van der Waals surface area (Å²) in [5.41, 5.74) is 3.03. The maximum Gasteiger partial charge on any atom is 0.293 e. The average molecular weight is 440 g/mol. The van der Waals surface area contributed by atoms with Crippen LogP contribution in [0.5, 0.6) is 0 Å². The largest absolute Gasteiger partial charge is 0.459 e. The summed E-state index contributed by atoms with van der Waals surface area (Å²) in [7, 11) is 0. The first-order chi connectivity index (χ1) is 14.9. The highest BCUT2D eigenvalue weighted by Gasteiger charge is 2.20. The molecule has 164 valence electrons. The van der Waals surface area contributed by atoms with E-state index in [0.717, 1.165) is 12.0 Å². The van der Waals surface area contributed by atoms with E-state index < -0.39 is 0 Å². The Morgan fingerprint density at radius 2 is 1.81 bits per heavy atom. The molecule has 2 heterocycles. The van der Waals surface area contributed by atoms with Gasteiger partial charge < -0.3 is 9.73 Å². The summed E-state index contributed by atoms with van der Waals surface area (Å²) in [5, 5.41) is 8.04. The quantitative estimate of drug-likeness (QED) is 0.457. The Morgan fingerprint density at radius 3 is 2.42 bits per heavy atom. The van der Waals surface area contributed by atoms with Crippen molar-refractivity contribution in [3.8, 4) is 0 Å². The minimum atomic E-state index is -0.365. The summed E-state index contributed by atoms with van der Waals surface area (Å²) < 4.78 is 5.07. The number of thiazole rings is 1. The van der Waals surface area contributed by atoms with E-state index in [1.807, 2.05) is 0 Å². The molecule has 2 unspecified atom stereocenters. The molecule has 7 heteroatoms. The molecule has 3 aromatic rings. The van der Waals surface area contributed by atoms with Crippen LogP contribution in [0.1, 0.15) is 73.5 Å². The third-order valence-corrected chi connectivity index (χ3v) is 6.13. The number of hydrogen-bond acceptors (Lipinski definition) is 5. The first-order valence-corrected chi connectivity index (χ1v) is 11.4. The number of aromatic nitrogens is 1. The van der Waals surface area contributed by atoms with Gasteiger partial charge in [-0.3, -0.25) is 14.9 Å². The summed E-state index contributed by atoms with van der Waals surface area (Å²) in [5.74, 6) is 0.522. The van der Waals surface area contributed by atoms with Crippen molar-refractivity contribution in [2.24, 2.45) is 5.92 Å². The lowest BCUT2D eigenvalue weighted by atomic mass is 9.92. The van der Waals surface area contributed by atoms with Crippen molar-refractivity contribution >= 4 is 28.3 Å². The van der Waals surface area contributed by atoms with Crippen molar-refractivity contribution in [2.75, 3.05) is 5.32 Å².